The summed E-state index contributed by atoms with van der Waals surface area (Å²) in [6.07, 6.45) is 0. The Labute approximate surface area is 183 Å². The first-order valence-corrected chi connectivity index (χ1v) is 9.96. The van der Waals surface area contributed by atoms with Crippen LogP contribution >= 0.6 is 11.6 Å². The maximum atomic E-state index is 13.2. The minimum absolute atomic E-state index is 0.119. The summed E-state index contributed by atoms with van der Waals surface area (Å²) in [6.45, 7) is 3.42. The summed E-state index contributed by atoms with van der Waals surface area (Å²) in [5.41, 5.74) is 2.63. The van der Waals surface area contributed by atoms with Gasteiger partial charge in [0, 0.05) is 22.0 Å². The van der Waals surface area contributed by atoms with Crippen molar-refractivity contribution in [3.63, 3.8) is 0 Å². The predicted molar refractivity (Wildman–Crippen MR) is 119 cm³/mol. The maximum Gasteiger partial charge on any atom is 0.264 e. The number of nitrogens with one attached hydrogen (secondary N) is 1. The van der Waals surface area contributed by atoms with E-state index in [2.05, 4.69) is 15.5 Å². The highest BCUT2D eigenvalue weighted by Gasteiger charge is 2.20. The number of aromatic nitrogens is 3. The predicted octanol–water partition coefficient (Wildman–Crippen LogP) is 4.47. The van der Waals surface area contributed by atoms with E-state index in [0.717, 1.165) is 5.56 Å². The smallest absolute Gasteiger partial charge is 0.264 e. The van der Waals surface area contributed by atoms with Crippen molar-refractivity contribution in [3.8, 4) is 22.8 Å². The van der Waals surface area contributed by atoms with Gasteiger partial charge in [0.1, 0.15) is 12.1 Å². The Morgan fingerprint density at radius 3 is 2.52 bits per heavy atom. The molecule has 8 heteroatoms. The van der Waals surface area contributed by atoms with Crippen molar-refractivity contribution in [2.24, 2.45) is 0 Å². The quantitative estimate of drug-likeness (QED) is 0.500. The van der Waals surface area contributed by atoms with Gasteiger partial charge in [-0.25, -0.2) is 0 Å². The molecule has 156 valence electrons. The number of hydrogen-bond donors (Lipinski definition) is 1. The van der Waals surface area contributed by atoms with Crippen LogP contribution in [0.5, 0.6) is 0 Å². The summed E-state index contributed by atoms with van der Waals surface area (Å²) in [5, 5.41) is 7.33. The van der Waals surface area contributed by atoms with Crippen LogP contribution in [0.2, 0.25) is 5.02 Å². The van der Waals surface area contributed by atoms with Gasteiger partial charge in [0.15, 0.2) is 0 Å². The second kappa shape index (κ2) is 8.57. The van der Waals surface area contributed by atoms with Crippen molar-refractivity contribution >= 4 is 23.2 Å². The molecule has 0 saturated carbocycles. The number of pyridine rings is 1. The highest BCUT2D eigenvalue weighted by Crippen LogP contribution is 2.23. The number of amides is 1. The molecule has 1 N–H and O–H groups in total. The molecular formula is C23H19ClN4O3. The van der Waals surface area contributed by atoms with Gasteiger partial charge < -0.3 is 14.4 Å². The Kier molecular flexibility index (Phi) is 5.68. The monoisotopic (exact) mass is 434 g/mol. The molecule has 7 nitrogen and oxygen atoms in total. The van der Waals surface area contributed by atoms with Gasteiger partial charge in [0.25, 0.3) is 11.4 Å². The minimum Gasteiger partial charge on any atom is -0.333 e. The van der Waals surface area contributed by atoms with Crippen molar-refractivity contribution in [3.05, 3.63) is 87.3 Å². The summed E-state index contributed by atoms with van der Waals surface area (Å²) in [7, 11) is 0. The van der Waals surface area contributed by atoms with E-state index < -0.39 is 0 Å². The van der Waals surface area contributed by atoms with E-state index in [1.807, 2.05) is 36.4 Å². The van der Waals surface area contributed by atoms with Crippen LogP contribution in [0.25, 0.3) is 22.8 Å². The van der Waals surface area contributed by atoms with Crippen molar-refractivity contribution in [2.75, 3.05) is 5.32 Å². The van der Waals surface area contributed by atoms with Gasteiger partial charge >= 0.3 is 0 Å². The lowest BCUT2D eigenvalue weighted by Gasteiger charge is -2.13. The Morgan fingerprint density at radius 2 is 1.81 bits per heavy atom. The molecule has 4 rings (SSSR count). The van der Waals surface area contributed by atoms with E-state index in [4.69, 9.17) is 16.1 Å². The summed E-state index contributed by atoms with van der Waals surface area (Å²) in [4.78, 5) is 30.2. The molecule has 1 amide bonds. The number of aryl methyl sites for hydroxylation is 2. The topological polar surface area (TPSA) is 90.0 Å². The van der Waals surface area contributed by atoms with Crippen molar-refractivity contribution in [1.29, 1.82) is 0 Å². The van der Waals surface area contributed by atoms with Gasteiger partial charge in [-0.3, -0.25) is 9.59 Å². The van der Waals surface area contributed by atoms with Gasteiger partial charge in [-0.15, -0.1) is 0 Å². The van der Waals surface area contributed by atoms with Crippen molar-refractivity contribution in [1.82, 2.24) is 14.7 Å². The largest absolute Gasteiger partial charge is 0.333 e. The lowest BCUT2D eigenvalue weighted by atomic mass is 10.1. The third-order valence-electron chi connectivity index (χ3n) is 4.81. The molecule has 0 bridgehead atoms. The number of carbonyl (C=O) groups excluding carboxylic acids is 1. The summed E-state index contributed by atoms with van der Waals surface area (Å²) >= 11 is 5.87. The molecule has 2 heterocycles. The molecule has 2 aromatic carbocycles. The zero-order valence-electron chi connectivity index (χ0n) is 16.9. The van der Waals surface area contributed by atoms with Crippen LogP contribution in [-0.2, 0) is 11.3 Å². The van der Waals surface area contributed by atoms with Crippen LogP contribution in [0.1, 0.15) is 11.3 Å². The number of carbonyl (C=O) groups is 1. The average molecular weight is 435 g/mol. The highest BCUT2D eigenvalue weighted by atomic mass is 35.5. The van der Waals surface area contributed by atoms with E-state index in [0.29, 0.717) is 27.8 Å². The molecule has 0 fully saturated rings. The fourth-order valence-corrected chi connectivity index (χ4v) is 3.42. The maximum absolute atomic E-state index is 13.2. The fraction of sp³-hybridized carbons (Fsp3) is 0.130. The number of anilines is 1. The van der Waals surface area contributed by atoms with E-state index in [1.54, 1.807) is 38.1 Å². The van der Waals surface area contributed by atoms with E-state index >= 15 is 0 Å². The molecule has 0 saturated heterocycles. The van der Waals surface area contributed by atoms with Gasteiger partial charge in [0.2, 0.25) is 11.7 Å². The molecule has 0 aliphatic heterocycles. The van der Waals surface area contributed by atoms with Crippen molar-refractivity contribution < 1.29 is 9.32 Å². The second-order valence-electron chi connectivity index (χ2n) is 7.08. The lowest BCUT2D eigenvalue weighted by Crippen LogP contribution is -2.30. The van der Waals surface area contributed by atoms with Crippen LogP contribution in [-0.4, -0.2) is 20.6 Å². The first kappa shape index (κ1) is 20.6. The second-order valence-corrected chi connectivity index (χ2v) is 7.52. The average Bonchev–Trinajstić information content (AvgIpc) is 3.23. The highest BCUT2D eigenvalue weighted by molar-refractivity contribution is 6.30. The van der Waals surface area contributed by atoms with Crippen LogP contribution in [0.15, 0.2) is 70.0 Å². The van der Waals surface area contributed by atoms with E-state index in [9.17, 15) is 9.59 Å². The fourth-order valence-electron chi connectivity index (χ4n) is 3.29. The molecule has 2 aromatic heterocycles. The zero-order valence-corrected chi connectivity index (χ0v) is 17.7. The number of hydrogen-bond acceptors (Lipinski definition) is 5. The van der Waals surface area contributed by atoms with E-state index in [1.165, 1.54) is 4.57 Å². The Morgan fingerprint density at radius 1 is 1.10 bits per heavy atom. The number of nitrogens with zero attached hydrogens (tertiary/aromatic N) is 3. The molecule has 31 heavy (non-hydrogen) atoms. The molecule has 0 aliphatic rings. The summed E-state index contributed by atoms with van der Waals surface area (Å²) in [6, 6.07) is 17.9. The zero-order chi connectivity index (χ0) is 22.0. The number of benzene rings is 2. The molecule has 0 aliphatic carbocycles. The van der Waals surface area contributed by atoms with Crippen LogP contribution in [0.3, 0.4) is 0 Å². The SMILES string of the molecule is Cc1cc(C)n(CC(=O)Nc2ccc(Cl)cc2)c(=O)c1-c1nc(-c2ccccc2)no1. The van der Waals surface area contributed by atoms with Gasteiger partial charge in [0.05, 0.1) is 0 Å². The molecule has 0 atom stereocenters. The number of rotatable bonds is 5. The molecule has 0 unspecified atom stereocenters. The molecule has 0 spiro atoms. The normalized spacial score (nSPS) is 10.8. The summed E-state index contributed by atoms with van der Waals surface area (Å²) in [5.74, 6) is 0.174. The van der Waals surface area contributed by atoms with Crippen LogP contribution in [0, 0.1) is 13.8 Å². The Bertz CT molecular complexity index is 1290. The lowest BCUT2D eigenvalue weighted by molar-refractivity contribution is -0.116. The molecular weight excluding hydrogens is 416 g/mol. The van der Waals surface area contributed by atoms with Crippen LogP contribution < -0.4 is 10.9 Å². The van der Waals surface area contributed by atoms with Crippen LogP contribution in [0.4, 0.5) is 5.69 Å². The first-order valence-electron chi connectivity index (χ1n) is 9.58. The van der Waals surface area contributed by atoms with Gasteiger partial charge in [-0.2, -0.15) is 4.98 Å². The summed E-state index contributed by atoms with van der Waals surface area (Å²) < 4.78 is 6.77. The third kappa shape index (κ3) is 4.41. The van der Waals surface area contributed by atoms with E-state index in [-0.39, 0.29) is 29.5 Å². The molecule has 4 aromatic rings. The third-order valence-corrected chi connectivity index (χ3v) is 5.06. The standard InChI is InChI=1S/C23H19ClN4O3/c1-14-12-15(2)28(13-19(29)25-18-10-8-17(24)9-11-18)23(30)20(14)22-26-21(27-31-22)16-6-4-3-5-7-16/h3-12H,13H2,1-2H3,(H,25,29). The van der Waals surface area contributed by atoms with Gasteiger partial charge in [-0.05, 0) is 49.7 Å². The first-order chi connectivity index (χ1) is 14.9. The molecule has 0 radical (unpaired) electrons. The Hall–Kier alpha value is -3.71. The number of halogens is 1. The van der Waals surface area contributed by atoms with Crippen molar-refractivity contribution in [2.45, 2.75) is 20.4 Å². The minimum atomic E-state index is -0.369. The van der Waals surface area contributed by atoms with Gasteiger partial charge in [-0.1, -0.05) is 47.1 Å². The Balaban J connectivity index is 1.64.